The van der Waals surface area contributed by atoms with Gasteiger partial charge in [0.05, 0.1) is 7.11 Å². The number of hydrogen-bond donors (Lipinski definition) is 0. The molecule has 0 bridgehead atoms. The molecule has 0 spiro atoms. The number of aryl methyl sites for hydroxylation is 1. The van der Waals surface area contributed by atoms with Gasteiger partial charge < -0.3 is 4.74 Å². The van der Waals surface area contributed by atoms with Crippen LogP contribution >= 0.6 is 15.9 Å². The van der Waals surface area contributed by atoms with Gasteiger partial charge in [0.2, 0.25) is 0 Å². The lowest BCUT2D eigenvalue weighted by atomic mass is 9.95. The summed E-state index contributed by atoms with van der Waals surface area (Å²) in [7, 11) is 1.71. The van der Waals surface area contributed by atoms with Gasteiger partial charge in [-0.2, -0.15) is 0 Å². The van der Waals surface area contributed by atoms with E-state index in [0.717, 1.165) is 22.6 Å². The van der Waals surface area contributed by atoms with E-state index in [2.05, 4.69) is 59.3 Å². The van der Waals surface area contributed by atoms with E-state index >= 15 is 0 Å². The average Bonchev–Trinajstić information content (AvgIpc) is 2.54. The maximum Gasteiger partial charge on any atom is 0.118 e. The van der Waals surface area contributed by atoms with E-state index in [9.17, 15) is 0 Å². The first-order valence-corrected chi connectivity index (χ1v) is 8.84. The maximum atomic E-state index is 5.19. The van der Waals surface area contributed by atoms with E-state index in [0.29, 0.717) is 0 Å². The highest BCUT2D eigenvalue weighted by atomic mass is 79.9. The molecule has 2 heteroatoms. The predicted octanol–water partition coefficient (Wildman–Crippen LogP) is 6.05. The first kappa shape index (κ1) is 17.1. The third-order valence-electron chi connectivity index (χ3n) is 4.07. The van der Waals surface area contributed by atoms with Gasteiger partial charge in [-0.15, -0.1) is 0 Å². The lowest BCUT2D eigenvalue weighted by Gasteiger charge is -2.11. The zero-order valence-electron chi connectivity index (χ0n) is 13.5. The molecule has 0 saturated heterocycles. The smallest absolute Gasteiger partial charge is 0.118 e. The van der Waals surface area contributed by atoms with Crippen LogP contribution in [0.1, 0.15) is 37.3 Å². The van der Waals surface area contributed by atoms with Crippen molar-refractivity contribution in [2.45, 2.75) is 39.0 Å². The van der Waals surface area contributed by atoms with Gasteiger partial charge >= 0.3 is 0 Å². The topological polar surface area (TPSA) is 9.23 Å². The molecule has 0 aliphatic rings. The molecule has 0 heterocycles. The Balaban J connectivity index is 1.66. The maximum absolute atomic E-state index is 5.19. The van der Waals surface area contributed by atoms with Crippen molar-refractivity contribution in [1.29, 1.82) is 0 Å². The SMILES string of the molecule is COc1ccc(CCCCC(C)Cc2ccc(Br)cc2)cc1. The van der Waals surface area contributed by atoms with Crippen LogP contribution in [0.5, 0.6) is 5.75 Å². The summed E-state index contributed by atoms with van der Waals surface area (Å²) in [4.78, 5) is 0. The molecule has 0 N–H and O–H groups in total. The second kappa shape index (κ2) is 8.99. The number of benzene rings is 2. The van der Waals surface area contributed by atoms with Crippen LogP contribution in [-0.4, -0.2) is 7.11 Å². The molecule has 1 atom stereocenters. The highest BCUT2D eigenvalue weighted by Crippen LogP contribution is 2.19. The summed E-state index contributed by atoms with van der Waals surface area (Å²) in [6.45, 7) is 2.36. The Kier molecular flexibility index (Phi) is 6.98. The average molecular weight is 361 g/mol. The molecule has 1 unspecified atom stereocenters. The molecule has 0 saturated carbocycles. The van der Waals surface area contributed by atoms with Crippen LogP contribution in [0.15, 0.2) is 53.0 Å². The Morgan fingerprint density at radius 1 is 0.909 bits per heavy atom. The van der Waals surface area contributed by atoms with Crippen LogP contribution in [0.2, 0.25) is 0 Å². The quantitative estimate of drug-likeness (QED) is 0.520. The first-order chi connectivity index (χ1) is 10.7. The normalized spacial score (nSPS) is 12.1. The van der Waals surface area contributed by atoms with Crippen molar-refractivity contribution < 1.29 is 4.74 Å². The molecule has 0 radical (unpaired) electrons. The van der Waals surface area contributed by atoms with Gasteiger partial charge in [-0.1, -0.05) is 60.0 Å². The number of unbranched alkanes of at least 4 members (excludes halogenated alkanes) is 1. The lowest BCUT2D eigenvalue weighted by molar-refractivity contribution is 0.414. The highest BCUT2D eigenvalue weighted by molar-refractivity contribution is 9.10. The van der Waals surface area contributed by atoms with E-state index in [-0.39, 0.29) is 0 Å². The molecule has 2 aromatic carbocycles. The van der Waals surface area contributed by atoms with Crippen LogP contribution in [0.3, 0.4) is 0 Å². The Morgan fingerprint density at radius 3 is 2.18 bits per heavy atom. The van der Waals surface area contributed by atoms with Gasteiger partial charge in [0, 0.05) is 4.47 Å². The minimum Gasteiger partial charge on any atom is -0.497 e. The van der Waals surface area contributed by atoms with Crippen molar-refractivity contribution >= 4 is 15.9 Å². The fraction of sp³-hybridized carbons (Fsp3) is 0.400. The molecule has 1 nitrogen and oxygen atoms in total. The van der Waals surface area contributed by atoms with E-state index in [1.165, 1.54) is 36.8 Å². The molecule has 118 valence electrons. The summed E-state index contributed by atoms with van der Waals surface area (Å²) in [5.41, 5.74) is 2.84. The van der Waals surface area contributed by atoms with Crippen molar-refractivity contribution in [3.05, 3.63) is 64.1 Å². The zero-order valence-corrected chi connectivity index (χ0v) is 15.1. The molecule has 0 aromatic heterocycles. The number of hydrogen-bond acceptors (Lipinski definition) is 1. The summed E-state index contributed by atoms with van der Waals surface area (Å²) in [6, 6.07) is 17.1. The molecule has 0 amide bonds. The van der Waals surface area contributed by atoms with Gasteiger partial charge in [-0.25, -0.2) is 0 Å². The van der Waals surface area contributed by atoms with Crippen molar-refractivity contribution in [1.82, 2.24) is 0 Å². The molecule has 22 heavy (non-hydrogen) atoms. The Morgan fingerprint density at radius 2 is 1.55 bits per heavy atom. The Labute approximate surface area is 142 Å². The Hall–Kier alpha value is -1.28. The summed E-state index contributed by atoms with van der Waals surface area (Å²) < 4.78 is 6.34. The van der Waals surface area contributed by atoms with Crippen molar-refractivity contribution in [3.63, 3.8) is 0 Å². The summed E-state index contributed by atoms with van der Waals surface area (Å²) in [5, 5.41) is 0. The fourth-order valence-corrected chi connectivity index (χ4v) is 3.00. The Bertz CT molecular complexity index is 545. The van der Waals surface area contributed by atoms with Gasteiger partial charge in [-0.05, 0) is 60.6 Å². The molecule has 2 rings (SSSR count). The lowest BCUT2D eigenvalue weighted by Crippen LogP contribution is -2.00. The van der Waals surface area contributed by atoms with Gasteiger partial charge in [0.1, 0.15) is 5.75 Å². The van der Waals surface area contributed by atoms with Crippen LogP contribution in [0, 0.1) is 5.92 Å². The second-order valence-electron chi connectivity index (χ2n) is 6.03. The minimum absolute atomic E-state index is 0.747. The number of ether oxygens (including phenoxy) is 1. The van der Waals surface area contributed by atoms with E-state index in [1.807, 2.05) is 12.1 Å². The summed E-state index contributed by atoms with van der Waals surface area (Å²) in [6.07, 6.45) is 6.19. The molecular formula is C20H25BrO. The van der Waals surface area contributed by atoms with Crippen LogP contribution in [0.4, 0.5) is 0 Å². The van der Waals surface area contributed by atoms with Crippen molar-refractivity contribution in [2.75, 3.05) is 7.11 Å². The number of methoxy groups -OCH3 is 1. The number of halogens is 1. The summed E-state index contributed by atoms with van der Waals surface area (Å²) in [5.74, 6) is 1.68. The second-order valence-corrected chi connectivity index (χ2v) is 6.95. The van der Waals surface area contributed by atoms with Crippen molar-refractivity contribution in [3.8, 4) is 5.75 Å². The van der Waals surface area contributed by atoms with E-state index in [4.69, 9.17) is 4.74 Å². The monoisotopic (exact) mass is 360 g/mol. The van der Waals surface area contributed by atoms with Crippen LogP contribution < -0.4 is 4.74 Å². The largest absolute Gasteiger partial charge is 0.497 e. The van der Waals surface area contributed by atoms with Gasteiger partial charge in [0.25, 0.3) is 0 Å². The molecule has 0 fully saturated rings. The third kappa shape index (κ3) is 5.84. The summed E-state index contributed by atoms with van der Waals surface area (Å²) >= 11 is 3.49. The van der Waals surface area contributed by atoms with E-state index in [1.54, 1.807) is 7.11 Å². The molecule has 0 aliphatic heterocycles. The minimum atomic E-state index is 0.747. The van der Waals surface area contributed by atoms with Gasteiger partial charge in [0.15, 0.2) is 0 Å². The van der Waals surface area contributed by atoms with Crippen LogP contribution in [0.25, 0.3) is 0 Å². The highest BCUT2D eigenvalue weighted by Gasteiger charge is 2.04. The standard InChI is InChI=1S/C20H25BrO/c1-16(15-18-7-11-19(21)12-8-18)5-3-4-6-17-9-13-20(22-2)14-10-17/h7-14,16H,3-6,15H2,1-2H3. The predicted molar refractivity (Wildman–Crippen MR) is 97.6 cm³/mol. The molecular weight excluding hydrogens is 336 g/mol. The molecule has 2 aromatic rings. The fourth-order valence-electron chi connectivity index (χ4n) is 2.74. The van der Waals surface area contributed by atoms with Crippen molar-refractivity contribution in [2.24, 2.45) is 5.92 Å². The molecule has 0 aliphatic carbocycles. The van der Waals surface area contributed by atoms with E-state index < -0.39 is 0 Å². The van der Waals surface area contributed by atoms with Gasteiger partial charge in [-0.3, -0.25) is 0 Å². The van der Waals surface area contributed by atoms with Crippen LogP contribution in [-0.2, 0) is 12.8 Å². The first-order valence-electron chi connectivity index (χ1n) is 8.05. The number of rotatable bonds is 8. The third-order valence-corrected chi connectivity index (χ3v) is 4.60. The zero-order chi connectivity index (χ0) is 15.8.